The molecule has 4 nitrogen and oxygen atoms in total. The van der Waals surface area contributed by atoms with Gasteiger partial charge in [-0.15, -0.1) is 11.3 Å². The minimum absolute atomic E-state index is 0.446. The molecule has 0 aliphatic heterocycles. The van der Waals surface area contributed by atoms with Crippen LogP contribution in [-0.4, -0.2) is 29.7 Å². The van der Waals surface area contributed by atoms with Crippen LogP contribution >= 0.6 is 11.3 Å². The summed E-state index contributed by atoms with van der Waals surface area (Å²) in [5.41, 5.74) is 0.838. The summed E-state index contributed by atoms with van der Waals surface area (Å²) in [5, 5.41) is 12.5. The Kier molecular flexibility index (Phi) is 4.42. The molecule has 0 saturated heterocycles. The number of aryl methyl sites for hydroxylation is 1. The fraction of sp³-hybridized carbons (Fsp3) is 0.400. The molecular formula is C10H12FNO3S. The number of carboxylic acids is 1. The van der Waals surface area contributed by atoms with Crippen molar-refractivity contribution in [2.45, 2.75) is 19.4 Å². The van der Waals surface area contributed by atoms with E-state index in [1.54, 1.807) is 11.4 Å². The smallest absolute Gasteiger partial charge is 0.328 e. The van der Waals surface area contributed by atoms with Gasteiger partial charge in [-0.1, -0.05) is 6.92 Å². The zero-order valence-electron chi connectivity index (χ0n) is 8.70. The van der Waals surface area contributed by atoms with Crippen LogP contribution in [0.2, 0.25) is 0 Å². The lowest BCUT2D eigenvalue weighted by molar-refractivity contribution is -0.139. The molecule has 88 valence electrons. The van der Waals surface area contributed by atoms with Crippen molar-refractivity contribution >= 4 is 23.2 Å². The highest BCUT2D eigenvalue weighted by Crippen LogP contribution is 2.17. The Bertz CT molecular complexity index is 391. The highest BCUT2D eigenvalue weighted by molar-refractivity contribution is 7.12. The van der Waals surface area contributed by atoms with E-state index in [1.807, 2.05) is 6.92 Å². The highest BCUT2D eigenvalue weighted by Gasteiger charge is 2.22. The number of carbonyl (C=O) groups is 2. The second kappa shape index (κ2) is 5.60. The first kappa shape index (κ1) is 12.6. The van der Waals surface area contributed by atoms with E-state index in [2.05, 4.69) is 5.32 Å². The molecule has 2 N–H and O–H groups in total. The summed E-state index contributed by atoms with van der Waals surface area (Å²) in [5.74, 6) is -1.90. The predicted molar refractivity (Wildman–Crippen MR) is 58.6 cm³/mol. The summed E-state index contributed by atoms with van der Waals surface area (Å²) < 4.78 is 12.3. The molecule has 1 aromatic heterocycles. The molecule has 0 radical (unpaired) electrons. The molecule has 0 aliphatic carbocycles. The molecular weight excluding hydrogens is 233 g/mol. The van der Waals surface area contributed by atoms with E-state index in [-0.39, 0.29) is 0 Å². The number of halogens is 1. The fourth-order valence-electron chi connectivity index (χ4n) is 1.20. The molecule has 0 fully saturated rings. The summed E-state index contributed by atoms with van der Waals surface area (Å²) in [4.78, 5) is 22.6. The van der Waals surface area contributed by atoms with Crippen LogP contribution in [0, 0.1) is 0 Å². The number of hydrogen-bond donors (Lipinski definition) is 2. The normalized spacial score (nSPS) is 12.1. The number of nitrogens with one attached hydrogen (secondary N) is 1. The van der Waals surface area contributed by atoms with E-state index >= 15 is 0 Å². The quantitative estimate of drug-likeness (QED) is 0.825. The van der Waals surface area contributed by atoms with Crippen molar-refractivity contribution in [1.82, 2.24) is 5.32 Å². The molecule has 1 heterocycles. The standard InChI is InChI=1S/C10H12FNO3S/c1-2-6-3-4-16-8(6)9(13)12-7(5-11)10(14)15/h3-4,7H,2,5H2,1H3,(H,12,13)(H,14,15). The molecule has 1 atom stereocenters. The van der Waals surface area contributed by atoms with Crippen molar-refractivity contribution in [3.8, 4) is 0 Å². The molecule has 6 heteroatoms. The third-order valence-electron chi connectivity index (χ3n) is 2.09. The van der Waals surface area contributed by atoms with Gasteiger partial charge in [0.15, 0.2) is 6.04 Å². The van der Waals surface area contributed by atoms with E-state index < -0.39 is 24.6 Å². The second-order valence-corrected chi connectivity index (χ2v) is 4.06. The Balaban J connectivity index is 2.75. The van der Waals surface area contributed by atoms with Gasteiger partial charge in [0.25, 0.3) is 5.91 Å². The van der Waals surface area contributed by atoms with E-state index in [0.29, 0.717) is 11.3 Å². The van der Waals surface area contributed by atoms with Crippen molar-refractivity contribution in [3.05, 3.63) is 21.9 Å². The average molecular weight is 245 g/mol. The van der Waals surface area contributed by atoms with Gasteiger partial charge in [-0.05, 0) is 23.4 Å². The fourth-order valence-corrected chi connectivity index (χ4v) is 2.10. The molecule has 1 rings (SSSR count). The predicted octanol–water partition coefficient (Wildman–Crippen LogP) is 1.46. The summed E-state index contributed by atoms with van der Waals surface area (Å²) >= 11 is 1.22. The zero-order valence-corrected chi connectivity index (χ0v) is 9.51. The van der Waals surface area contributed by atoms with Gasteiger partial charge >= 0.3 is 5.97 Å². The number of aliphatic carboxylic acids is 1. The van der Waals surface area contributed by atoms with Crippen LogP contribution in [0.4, 0.5) is 4.39 Å². The summed E-state index contributed by atoms with van der Waals surface area (Å²) in [6.45, 7) is 0.774. The average Bonchev–Trinajstić information content (AvgIpc) is 2.72. The maximum Gasteiger partial charge on any atom is 0.328 e. The number of thiophene rings is 1. The van der Waals surface area contributed by atoms with Crippen molar-refractivity contribution in [1.29, 1.82) is 0 Å². The summed E-state index contributed by atoms with van der Waals surface area (Å²) in [6.07, 6.45) is 0.680. The maximum absolute atomic E-state index is 12.3. The van der Waals surface area contributed by atoms with Gasteiger partial charge in [0, 0.05) is 0 Å². The molecule has 0 spiro atoms. The van der Waals surface area contributed by atoms with Gasteiger partial charge in [-0.25, -0.2) is 9.18 Å². The Hall–Kier alpha value is -1.43. The lowest BCUT2D eigenvalue weighted by atomic mass is 10.2. The van der Waals surface area contributed by atoms with E-state index in [1.165, 1.54) is 11.3 Å². The van der Waals surface area contributed by atoms with Crippen LogP contribution in [0.3, 0.4) is 0 Å². The topological polar surface area (TPSA) is 66.4 Å². The highest BCUT2D eigenvalue weighted by atomic mass is 32.1. The maximum atomic E-state index is 12.3. The van der Waals surface area contributed by atoms with Gasteiger partial charge in [-0.2, -0.15) is 0 Å². The van der Waals surface area contributed by atoms with E-state index in [0.717, 1.165) is 5.56 Å². The van der Waals surface area contributed by atoms with Gasteiger partial charge in [0.2, 0.25) is 0 Å². The molecule has 0 aliphatic rings. The lowest BCUT2D eigenvalue weighted by Crippen LogP contribution is -2.42. The first-order chi connectivity index (χ1) is 7.60. The third kappa shape index (κ3) is 2.79. The molecule has 1 unspecified atom stereocenters. The van der Waals surface area contributed by atoms with Crippen molar-refractivity contribution in [3.63, 3.8) is 0 Å². The van der Waals surface area contributed by atoms with Crippen LogP contribution in [0.15, 0.2) is 11.4 Å². The molecule has 0 aromatic carbocycles. The number of carbonyl (C=O) groups excluding carboxylic acids is 1. The number of hydrogen-bond acceptors (Lipinski definition) is 3. The van der Waals surface area contributed by atoms with Gasteiger partial charge in [-0.3, -0.25) is 4.79 Å². The minimum atomic E-state index is -1.47. The van der Waals surface area contributed by atoms with E-state index in [9.17, 15) is 14.0 Å². The van der Waals surface area contributed by atoms with Gasteiger partial charge < -0.3 is 10.4 Å². The Morgan fingerprint density at radius 1 is 1.62 bits per heavy atom. The second-order valence-electron chi connectivity index (χ2n) is 3.15. The molecule has 16 heavy (non-hydrogen) atoms. The molecule has 1 amide bonds. The lowest BCUT2D eigenvalue weighted by Gasteiger charge is -2.10. The van der Waals surface area contributed by atoms with Crippen molar-refractivity contribution in [2.24, 2.45) is 0 Å². The summed E-state index contributed by atoms with van der Waals surface area (Å²) in [7, 11) is 0. The van der Waals surface area contributed by atoms with Crippen LogP contribution in [0.25, 0.3) is 0 Å². The Morgan fingerprint density at radius 2 is 2.31 bits per heavy atom. The molecule has 0 bridgehead atoms. The van der Waals surface area contributed by atoms with Gasteiger partial charge in [0.05, 0.1) is 4.88 Å². The molecule has 1 aromatic rings. The van der Waals surface area contributed by atoms with Crippen LogP contribution in [0.1, 0.15) is 22.2 Å². The van der Waals surface area contributed by atoms with Crippen LogP contribution in [-0.2, 0) is 11.2 Å². The SMILES string of the molecule is CCc1ccsc1C(=O)NC(CF)C(=O)O. The third-order valence-corrected chi connectivity index (χ3v) is 3.05. The van der Waals surface area contributed by atoms with Crippen molar-refractivity contribution < 1.29 is 19.1 Å². The first-order valence-corrected chi connectivity index (χ1v) is 5.64. The van der Waals surface area contributed by atoms with Crippen molar-refractivity contribution in [2.75, 3.05) is 6.67 Å². The van der Waals surface area contributed by atoms with E-state index in [4.69, 9.17) is 5.11 Å². The van der Waals surface area contributed by atoms with Crippen LogP contribution in [0.5, 0.6) is 0 Å². The monoisotopic (exact) mass is 245 g/mol. The molecule has 0 saturated carbocycles. The zero-order chi connectivity index (χ0) is 12.1. The van der Waals surface area contributed by atoms with Crippen LogP contribution < -0.4 is 5.32 Å². The number of carboxylic acid groups (broad SMARTS) is 1. The largest absolute Gasteiger partial charge is 0.480 e. The van der Waals surface area contributed by atoms with Gasteiger partial charge in [0.1, 0.15) is 6.67 Å². The number of rotatable bonds is 5. The Morgan fingerprint density at radius 3 is 2.81 bits per heavy atom. The minimum Gasteiger partial charge on any atom is -0.480 e. The first-order valence-electron chi connectivity index (χ1n) is 4.76. The number of alkyl halides is 1. The summed E-state index contributed by atoms with van der Waals surface area (Å²) in [6, 6.07) is 0.324. The Labute approximate surface area is 96.1 Å². The number of amides is 1.